The van der Waals surface area contributed by atoms with Crippen molar-refractivity contribution in [2.45, 2.75) is 18.8 Å². The Kier molecular flexibility index (Phi) is 5.45. The van der Waals surface area contributed by atoms with Crippen LogP contribution in [0.15, 0.2) is 36.7 Å². The van der Waals surface area contributed by atoms with Crippen molar-refractivity contribution in [3.8, 4) is 17.4 Å². The van der Waals surface area contributed by atoms with Crippen LogP contribution in [-0.2, 0) is 4.79 Å². The Morgan fingerprint density at radius 1 is 1.20 bits per heavy atom. The molecule has 1 aromatic heterocycles. The number of benzene rings is 1. The van der Waals surface area contributed by atoms with E-state index in [-0.39, 0.29) is 11.8 Å². The van der Waals surface area contributed by atoms with E-state index in [1.807, 2.05) is 24.3 Å². The van der Waals surface area contributed by atoms with E-state index in [9.17, 15) is 4.79 Å². The van der Waals surface area contributed by atoms with Gasteiger partial charge in [0.05, 0.1) is 13.7 Å². The number of aromatic nitrogens is 2. The summed E-state index contributed by atoms with van der Waals surface area (Å²) in [5.41, 5.74) is 6.11. The van der Waals surface area contributed by atoms with Gasteiger partial charge in [-0.15, -0.1) is 0 Å². The third-order valence-electron chi connectivity index (χ3n) is 4.32. The topological polar surface area (TPSA) is 90.6 Å². The second kappa shape index (κ2) is 7.94. The lowest BCUT2D eigenvalue weighted by Gasteiger charge is -2.31. The van der Waals surface area contributed by atoms with Gasteiger partial charge in [0.1, 0.15) is 5.69 Å². The molecule has 1 aliphatic rings. The molecule has 3 rings (SSSR count). The predicted molar refractivity (Wildman–Crippen MR) is 92.7 cm³/mol. The smallest absolute Gasteiger partial charge is 0.241 e. The molecule has 1 aliphatic heterocycles. The van der Waals surface area contributed by atoms with Crippen LogP contribution in [0.25, 0.3) is 0 Å². The zero-order valence-electron chi connectivity index (χ0n) is 14.2. The van der Waals surface area contributed by atoms with Crippen molar-refractivity contribution < 1.29 is 14.3 Å². The number of piperidine rings is 1. The monoisotopic (exact) mass is 342 g/mol. The average molecular weight is 342 g/mol. The largest absolute Gasteiger partial charge is 0.493 e. The summed E-state index contributed by atoms with van der Waals surface area (Å²) in [5, 5.41) is 0. The molecule has 7 heteroatoms. The number of hydrogen-bond donors (Lipinski definition) is 1. The van der Waals surface area contributed by atoms with E-state index in [1.54, 1.807) is 19.5 Å². The van der Waals surface area contributed by atoms with Gasteiger partial charge in [-0.05, 0) is 38.1 Å². The number of ether oxygens (including phenoxy) is 2. The first-order chi connectivity index (χ1) is 12.2. The Labute approximate surface area is 146 Å². The molecule has 0 aliphatic carbocycles. The lowest BCUT2D eigenvalue weighted by atomic mass is 9.93. The highest BCUT2D eigenvalue weighted by atomic mass is 16.5. The molecule has 0 bridgehead atoms. The van der Waals surface area contributed by atoms with Gasteiger partial charge in [-0.1, -0.05) is 12.1 Å². The Bertz CT molecular complexity index is 730. The van der Waals surface area contributed by atoms with Crippen LogP contribution in [0.1, 0.15) is 24.5 Å². The molecular weight excluding hydrogens is 320 g/mol. The number of methoxy groups -OCH3 is 1. The quantitative estimate of drug-likeness (QED) is 0.863. The fraction of sp³-hybridized carbons (Fsp3) is 0.389. The number of nitrogens with two attached hydrogens (primary N) is 1. The number of nitrogens with zero attached hydrogens (tertiary/aromatic N) is 3. The minimum atomic E-state index is -0.293. The molecule has 0 spiro atoms. The van der Waals surface area contributed by atoms with Gasteiger partial charge in [-0.3, -0.25) is 14.7 Å². The van der Waals surface area contributed by atoms with Crippen molar-refractivity contribution in [2.24, 2.45) is 5.73 Å². The fourth-order valence-electron chi connectivity index (χ4n) is 3.09. The fourth-order valence-corrected chi connectivity index (χ4v) is 3.09. The van der Waals surface area contributed by atoms with Gasteiger partial charge in [0, 0.05) is 18.3 Å². The van der Waals surface area contributed by atoms with Crippen LogP contribution in [-0.4, -0.2) is 47.5 Å². The average Bonchev–Trinajstić information content (AvgIpc) is 2.63. The van der Waals surface area contributed by atoms with Crippen LogP contribution in [0.4, 0.5) is 0 Å². The van der Waals surface area contributed by atoms with E-state index in [2.05, 4.69) is 14.9 Å². The minimum Gasteiger partial charge on any atom is -0.493 e. The predicted octanol–water partition coefficient (Wildman–Crippen LogP) is 1.94. The Hall–Kier alpha value is -2.67. The molecule has 2 heterocycles. The highest BCUT2D eigenvalue weighted by Gasteiger charge is 2.26. The van der Waals surface area contributed by atoms with Crippen molar-refractivity contribution in [3.05, 3.63) is 42.4 Å². The maximum atomic E-state index is 11.1. The van der Waals surface area contributed by atoms with Crippen molar-refractivity contribution in [1.29, 1.82) is 0 Å². The number of carbonyl (C=O) groups is 1. The number of hydrogen-bond acceptors (Lipinski definition) is 6. The molecule has 7 nitrogen and oxygen atoms in total. The van der Waals surface area contributed by atoms with Gasteiger partial charge in [-0.25, -0.2) is 4.98 Å². The molecule has 2 N–H and O–H groups in total. The highest BCUT2D eigenvalue weighted by molar-refractivity contribution is 5.75. The van der Waals surface area contributed by atoms with Crippen molar-refractivity contribution >= 4 is 5.91 Å². The van der Waals surface area contributed by atoms with E-state index in [0.29, 0.717) is 23.9 Å². The van der Waals surface area contributed by atoms with Gasteiger partial charge in [-0.2, -0.15) is 0 Å². The van der Waals surface area contributed by atoms with E-state index in [4.69, 9.17) is 15.2 Å². The van der Waals surface area contributed by atoms with E-state index in [1.165, 1.54) is 0 Å². The van der Waals surface area contributed by atoms with Crippen molar-refractivity contribution in [1.82, 2.24) is 14.9 Å². The lowest BCUT2D eigenvalue weighted by Crippen LogP contribution is -2.39. The summed E-state index contributed by atoms with van der Waals surface area (Å²) < 4.78 is 11.3. The van der Waals surface area contributed by atoms with Crippen LogP contribution in [0.5, 0.6) is 17.4 Å². The lowest BCUT2D eigenvalue weighted by molar-refractivity contribution is -0.119. The molecule has 0 atom stereocenters. The van der Waals surface area contributed by atoms with Crippen molar-refractivity contribution in [2.75, 3.05) is 26.7 Å². The summed E-state index contributed by atoms with van der Waals surface area (Å²) in [5.74, 6) is 1.70. The van der Waals surface area contributed by atoms with Crippen LogP contribution in [0.3, 0.4) is 0 Å². The normalized spacial score (nSPS) is 15.7. The SMILES string of the molecule is COc1ccccc1Oc1nccnc1C1CCN(CC(N)=O)CC1. The summed E-state index contributed by atoms with van der Waals surface area (Å²) in [6.45, 7) is 1.91. The number of primary amides is 1. The molecule has 132 valence electrons. The number of carbonyl (C=O) groups excluding carboxylic acids is 1. The second-order valence-corrected chi connectivity index (χ2v) is 6.02. The number of para-hydroxylation sites is 2. The maximum Gasteiger partial charge on any atom is 0.241 e. The van der Waals surface area contributed by atoms with Crippen LogP contribution in [0, 0.1) is 0 Å². The molecule has 0 radical (unpaired) electrons. The highest BCUT2D eigenvalue weighted by Crippen LogP contribution is 2.36. The van der Waals surface area contributed by atoms with Crippen LogP contribution < -0.4 is 15.2 Å². The molecular formula is C18H22N4O3. The summed E-state index contributed by atoms with van der Waals surface area (Å²) in [7, 11) is 1.61. The molecule has 0 unspecified atom stereocenters. The molecule has 25 heavy (non-hydrogen) atoms. The summed E-state index contributed by atoms with van der Waals surface area (Å²) in [6, 6.07) is 7.45. The van der Waals surface area contributed by atoms with Crippen molar-refractivity contribution in [3.63, 3.8) is 0 Å². The Morgan fingerprint density at radius 3 is 2.56 bits per heavy atom. The molecule has 1 aromatic carbocycles. The Balaban J connectivity index is 1.75. The molecule has 1 amide bonds. The van der Waals surface area contributed by atoms with Gasteiger partial charge in [0.2, 0.25) is 11.8 Å². The van der Waals surface area contributed by atoms with Gasteiger partial charge < -0.3 is 15.2 Å². The Morgan fingerprint density at radius 2 is 1.88 bits per heavy atom. The van der Waals surface area contributed by atoms with Gasteiger partial charge in [0.25, 0.3) is 0 Å². The number of likely N-dealkylation sites (tertiary alicyclic amines) is 1. The van der Waals surface area contributed by atoms with E-state index in [0.717, 1.165) is 31.6 Å². The minimum absolute atomic E-state index is 0.238. The first kappa shape index (κ1) is 17.2. The first-order valence-corrected chi connectivity index (χ1v) is 8.30. The zero-order chi connectivity index (χ0) is 17.6. The standard InChI is InChI=1S/C18H22N4O3/c1-24-14-4-2-3-5-15(14)25-18-17(20-8-9-21-18)13-6-10-22(11-7-13)12-16(19)23/h2-5,8-9,13H,6-7,10-12H2,1H3,(H2,19,23). The molecule has 1 saturated heterocycles. The second-order valence-electron chi connectivity index (χ2n) is 6.02. The first-order valence-electron chi connectivity index (χ1n) is 8.30. The third-order valence-corrected chi connectivity index (χ3v) is 4.32. The molecule has 1 fully saturated rings. The van der Waals surface area contributed by atoms with Gasteiger partial charge in [0.15, 0.2) is 11.5 Å². The van der Waals surface area contributed by atoms with E-state index < -0.39 is 0 Å². The number of amides is 1. The number of rotatable bonds is 6. The summed E-state index contributed by atoms with van der Waals surface area (Å²) in [6.07, 6.45) is 5.07. The van der Waals surface area contributed by atoms with Crippen LogP contribution >= 0.6 is 0 Å². The maximum absolute atomic E-state index is 11.1. The van der Waals surface area contributed by atoms with E-state index >= 15 is 0 Å². The van der Waals surface area contributed by atoms with Crippen LogP contribution in [0.2, 0.25) is 0 Å². The summed E-state index contributed by atoms with van der Waals surface area (Å²) >= 11 is 0. The zero-order valence-corrected chi connectivity index (χ0v) is 14.2. The molecule has 2 aromatic rings. The third kappa shape index (κ3) is 4.24. The van der Waals surface area contributed by atoms with Gasteiger partial charge >= 0.3 is 0 Å². The summed E-state index contributed by atoms with van der Waals surface area (Å²) in [4.78, 5) is 22.0. The molecule has 0 saturated carbocycles.